The predicted molar refractivity (Wildman–Crippen MR) is 126 cm³/mol. The summed E-state index contributed by atoms with van der Waals surface area (Å²) in [6.45, 7) is 3.05. The third kappa shape index (κ3) is 3.92. The molecule has 2 aliphatic rings. The molecular weight excluding hydrogens is 461 g/mol. The molecule has 2 aromatic rings. The number of rotatable bonds is 5. The number of nitrogens with zero attached hydrogens (tertiary/aromatic N) is 2. The number of amides is 4. The minimum atomic E-state index is -4.80. The second kappa shape index (κ2) is 9.28. The van der Waals surface area contributed by atoms with E-state index >= 15 is 0 Å². The lowest BCUT2D eigenvalue weighted by Crippen LogP contribution is -2.41. The Morgan fingerprint density at radius 3 is 1.66 bits per heavy atom. The van der Waals surface area contributed by atoms with Crippen LogP contribution in [0, 0.1) is 0 Å². The number of carbonyl (C=O) groups excluding carboxylic acids is 4. The molecule has 0 radical (unpaired) electrons. The maximum atomic E-state index is 14.5. The Labute approximate surface area is 202 Å². The van der Waals surface area contributed by atoms with Gasteiger partial charge in [0.15, 0.2) is 0 Å². The van der Waals surface area contributed by atoms with Crippen molar-refractivity contribution in [3.05, 3.63) is 69.8 Å². The Morgan fingerprint density at radius 1 is 0.743 bits per heavy atom. The number of hydrogen-bond donors (Lipinski definition) is 0. The summed E-state index contributed by atoms with van der Waals surface area (Å²) >= 11 is 0. The number of imide groups is 2. The SMILES string of the molecule is C.C.CCCCN1C(=O)c2ccc(C(C)(c3ccc4c(c3)C(=O)N(C)C4=O)C(F)(F)F)cc2C1=O. The van der Waals surface area contributed by atoms with E-state index in [1.807, 2.05) is 6.92 Å². The second-order valence-electron chi connectivity index (χ2n) is 8.43. The zero-order valence-corrected chi connectivity index (χ0v) is 18.2. The topological polar surface area (TPSA) is 74.8 Å². The minimum Gasteiger partial charge on any atom is -0.277 e. The molecule has 188 valence electrons. The molecule has 9 heteroatoms. The van der Waals surface area contributed by atoms with E-state index in [-0.39, 0.29) is 54.8 Å². The van der Waals surface area contributed by atoms with Crippen molar-refractivity contribution in [2.45, 2.75) is 53.1 Å². The first-order valence-electron chi connectivity index (χ1n) is 10.5. The summed E-state index contributed by atoms with van der Waals surface area (Å²) in [4.78, 5) is 51.8. The molecule has 0 N–H and O–H groups in total. The Balaban J connectivity index is 0.00000216. The smallest absolute Gasteiger partial charge is 0.277 e. The van der Waals surface area contributed by atoms with Crippen molar-refractivity contribution in [3.8, 4) is 0 Å². The number of carbonyl (C=O) groups is 4. The van der Waals surface area contributed by atoms with Crippen molar-refractivity contribution >= 4 is 23.6 Å². The van der Waals surface area contributed by atoms with Crippen molar-refractivity contribution in [3.63, 3.8) is 0 Å². The lowest BCUT2D eigenvalue weighted by atomic mass is 9.74. The molecule has 0 bridgehead atoms. The largest absolute Gasteiger partial charge is 0.402 e. The van der Waals surface area contributed by atoms with Crippen molar-refractivity contribution in [2.24, 2.45) is 0 Å². The molecule has 6 nitrogen and oxygen atoms in total. The van der Waals surface area contributed by atoms with Gasteiger partial charge in [0.05, 0.1) is 22.3 Å². The van der Waals surface area contributed by atoms with Gasteiger partial charge in [0.25, 0.3) is 23.6 Å². The van der Waals surface area contributed by atoms with Gasteiger partial charge < -0.3 is 0 Å². The molecule has 2 aliphatic heterocycles. The number of fused-ring (bicyclic) bond motifs is 2. The molecule has 0 spiro atoms. The van der Waals surface area contributed by atoms with Crippen LogP contribution in [0.25, 0.3) is 0 Å². The van der Waals surface area contributed by atoms with Crippen LogP contribution in [0.2, 0.25) is 0 Å². The van der Waals surface area contributed by atoms with Gasteiger partial charge in [-0.1, -0.05) is 40.3 Å². The average Bonchev–Trinajstić information content (AvgIpc) is 3.15. The Bertz CT molecular complexity index is 1220. The van der Waals surface area contributed by atoms with Gasteiger partial charge in [0.2, 0.25) is 0 Å². The van der Waals surface area contributed by atoms with Gasteiger partial charge in [-0.15, -0.1) is 0 Å². The number of benzene rings is 2. The zero-order chi connectivity index (χ0) is 24.3. The van der Waals surface area contributed by atoms with E-state index in [1.54, 1.807) is 0 Å². The van der Waals surface area contributed by atoms with E-state index in [4.69, 9.17) is 0 Å². The maximum Gasteiger partial charge on any atom is 0.402 e. The normalized spacial score (nSPS) is 16.5. The van der Waals surface area contributed by atoms with Crippen molar-refractivity contribution in [1.82, 2.24) is 9.80 Å². The first-order valence-corrected chi connectivity index (χ1v) is 10.5. The highest BCUT2D eigenvalue weighted by atomic mass is 19.4. The van der Waals surface area contributed by atoms with E-state index < -0.39 is 35.2 Å². The van der Waals surface area contributed by atoms with E-state index in [9.17, 15) is 32.3 Å². The molecule has 0 fully saturated rings. The molecule has 1 atom stereocenters. The first-order chi connectivity index (χ1) is 15.4. The number of alkyl halides is 3. The number of unbranched alkanes of at least 4 members (excludes halogenated alkanes) is 1. The highest BCUT2D eigenvalue weighted by molar-refractivity contribution is 6.22. The van der Waals surface area contributed by atoms with Gasteiger partial charge in [-0.05, 0) is 48.7 Å². The van der Waals surface area contributed by atoms with Crippen LogP contribution in [0.4, 0.5) is 13.2 Å². The summed E-state index contributed by atoms with van der Waals surface area (Å²) < 4.78 is 43.6. The monoisotopic (exact) mass is 490 g/mol. The molecule has 2 heterocycles. The van der Waals surface area contributed by atoms with E-state index in [0.29, 0.717) is 6.42 Å². The molecule has 1 unspecified atom stereocenters. The predicted octanol–water partition coefficient (Wildman–Crippen LogP) is 5.45. The van der Waals surface area contributed by atoms with Crippen LogP contribution in [0.1, 0.15) is 94.1 Å². The summed E-state index contributed by atoms with van der Waals surface area (Å²) in [5.74, 6) is -2.40. The van der Waals surface area contributed by atoms with Crippen molar-refractivity contribution < 1.29 is 32.3 Å². The summed E-state index contributed by atoms with van der Waals surface area (Å²) in [6.07, 6.45) is -3.46. The van der Waals surface area contributed by atoms with E-state index in [2.05, 4.69) is 0 Å². The minimum absolute atomic E-state index is 0. The van der Waals surface area contributed by atoms with Crippen LogP contribution < -0.4 is 0 Å². The van der Waals surface area contributed by atoms with Crippen LogP contribution in [0.3, 0.4) is 0 Å². The van der Waals surface area contributed by atoms with Gasteiger partial charge in [-0.2, -0.15) is 13.2 Å². The molecule has 0 saturated heterocycles. The molecule has 0 aromatic heterocycles. The summed E-state index contributed by atoms with van der Waals surface area (Å²) in [5, 5.41) is 0. The van der Waals surface area contributed by atoms with Crippen molar-refractivity contribution in [2.75, 3.05) is 13.6 Å². The third-order valence-corrected chi connectivity index (χ3v) is 6.52. The van der Waals surface area contributed by atoms with Crippen LogP contribution in [0.15, 0.2) is 36.4 Å². The van der Waals surface area contributed by atoms with Crippen LogP contribution >= 0.6 is 0 Å². The molecule has 4 amide bonds. The lowest BCUT2D eigenvalue weighted by Gasteiger charge is -2.33. The standard InChI is InChI=1S/C24H21F3N2O4.2CH4/c1-4-5-10-29-21(32)16-9-7-14(12-18(16)22(29)33)23(2,24(25,26)27)13-6-8-15-17(11-13)20(31)28(3)19(15)30;;/h6-9,11-12H,4-5,10H2,1-3H3;2*1H4. The Hall–Kier alpha value is -3.49. The van der Waals surface area contributed by atoms with Gasteiger partial charge >= 0.3 is 6.18 Å². The van der Waals surface area contributed by atoms with Gasteiger partial charge in [0.1, 0.15) is 5.41 Å². The third-order valence-electron chi connectivity index (χ3n) is 6.52. The fourth-order valence-electron chi connectivity index (χ4n) is 4.29. The van der Waals surface area contributed by atoms with Crippen LogP contribution in [0.5, 0.6) is 0 Å². The molecule has 4 rings (SSSR count). The zero-order valence-electron chi connectivity index (χ0n) is 18.2. The molecule has 0 aliphatic carbocycles. The Morgan fingerprint density at radius 2 is 1.17 bits per heavy atom. The second-order valence-corrected chi connectivity index (χ2v) is 8.43. The van der Waals surface area contributed by atoms with Gasteiger partial charge in [-0.3, -0.25) is 29.0 Å². The highest BCUT2D eigenvalue weighted by Crippen LogP contribution is 2.47. The summed E-state index contributed by atoms with van der Waals surface area (Å²) in [7, 11) is 1.26. The number of halogens is 3. The van der Waals surface area contributed by atoms with E-state index in [0.717, 1.165) is 35.3 Å². The number of hydrogen-bond acceptors (Lipinski definition) is 4. The van der Waals surface area contributed by atoms with Crippen molar-refractivity contribution in [1.29, 1.82) is 0 Å². The quantitative estimate of drug-likeness (QED) is 0.523. The fraction of sp³-hybridized carbons (Fsp3) is 0.385. The van der Waals surface area contributed by atoms with Gasteiger partial charge in [-0.25, -0.2) is 0 Å². The first kappa shape index (κ1) is 27.8. The molecule has 35 heavy (non-hydrogen) atoms. The summed E-state index contributed by atoms with van der Waals surface area (Å²) in [6, 6.07) is 7.02. The maximum absolute atomic E-state index is 14.5. The highest BCUT2D eigenvalue weighted by Gasteiger charge is 2.54. The molecular formula is C26H29F3N2O4. The van der Waals surface area contributed by atoms with Gasteiger partial charge in [0, 0.05) is 13.6 Å². The molecule has 2 aromatic carbocycles. The lowest BCUT2D eigenvalue weighted by molar-refractivity contribution is -0.173. The average molecular weight is 491 g/mol. The van der Waals surface area contributed by atoms with Crippen LogP contribution in [-0.4, -0.2) is 53.2 Å². The molecule has 0 saturated carbocycles. The summed E-state index contributed by atoms with van der Waals surface area (Å²) in [5.41, 5.74) is -3.15. The van der Waals surface area contributed by atoms with E-state index in [1.165, 1.54) is 31.3 Å². The van der Waals surface area contributed by atoms with Crippen LogP contribution in [-0.2, 0) is 5.41 Å². The Kier molecular flexibility index (Phi) is 7.36. The fourth-order valence-corrected chi connectivity index (χ4v) is 4.29.